The Kier molecular flexibility index (Phi) is 3.78. The predicted molar refractivity (Wildman–Crippen MR) is 76.9 cm³/mol. The van der Waals surface area contributed by atoms with Crippen LogP contribution in [0.1, 0.15) is 13.3 Å². The molecule has 1 aliphatic heterocycles. The van der Waals surface area contributed by atoms with Crippen molar-refractivity contribution in [2.24, 2.45) is 5.92 Å². The zero-order valence-corrected chi connectivity index (χ0v) is 11.9. The zero-order valence-electron chi connectivity index (χ0n) is 11.1. The highest BCUT2D eigenvalue weighted by atomic mass is 35.5. The Morgan fingerprint density at radius 1 is 1.40 bits per heavy atom. The van der Waals surface area contributed by atoms with Crippen LogP contribution in [0.3, 0.4) is 0 Å². The molecule has 1 fully saturated rings. The summed E-state index contributed by atoms with van der Waals surface area (Å²) in [5, 5.41) is 10.9. The first-order valence-electron chi connectivity index (χ1n) is 6.64. The molecule has 20 heavy (non-hydrogen) atoms. The van der Waals surface area contributed by atoms with Crippen molar-refractivity contribution in [3.05, 3.63) is 35.5 Å². The molecule has 1 aromatic carbocycles. The van der Waals surface area contributed by atoms with Crippen LogP contribution < -0.4 is 4.74 Å². The molecule has 1 aromatic heterocycles. The van der Waals surface area contributed by atoms with Crippen molar-refractivity contribution in [1.29, 1.82) is 0 Å². The van der Waals surface area contributed by atoms with Gasteiger partial charge >= 0.3 is 0 Å². The van der Waals surface area contributed by atoms with Crippen molar-refractivity contribution >= 4 is 22.5 Å². The molecule has 5 heteroatoms. The van der Waals surface area contributed by atoms with E-state index in [9.17, 15) is 5.11 Å². The number of hydrogen-bond acceptors (Lipinski definition) is 4. The molecule has 0 saturated carbocycles. The molecule has 1 N–H and O–H groups in total. The van der Waals surface area contributed by atoms with Crippen LogP contribution in [-0.2, 0) is 4.74 Å². The number of ether oxygens (including phenoxy) is 2. The molecule has 0 amide bonds. The second-order valence-corrected chi connectivity index (χ2v) is 5.53. The Balaban J connectivity index is 1.71. The molecule has 3 unspecified atom stereocenters. The average Bonchev–Trinajstić information content (AvgIpc) is 2.74. The third kappa shape index (κ3) is 2.87. The van der Waals surface area contributed by atoms with Gasteiger partial charge in [0.05, 0.1) is 11.6 Å². The summed E-state index contributed by atoms with van der Waals surface area (Å²) < 4.78 is 11.1. The van der Waals surface area contributed by atoms with Gasteiger partial charge in [0, 0.05) is 17.9 Å². The molecule has 0 radical (unpaired) electrons. The van der Waals surface area contributed by atoms with Gasteiger partial charge < -0.3 is 14.6 Å². The van der Waals surface area contributed by atoms with Crippen LogP contribution in [0.5, 0.6) is 5.75 Å². The lowest BCUT2D eigenvalue weighted by atomic mass is 10.0. The van der Waals surface area contributed by atoms with E-state index in [1.54, 1.807) is 6.07 Å². The molecule has 3 rings (SSSR count). The number of rotatable bonds is 3. The van der Waals surface area contributed by atoms with Gasteiger partial charge in [-0.05, 0) is 30.2 Å². The van der Waals surface area contributed by atoms with Crippen LogP contribution in [-0.4, -0.2) is 29.1 Å². The average molecular weight is 294 g/mol. The smallest absolute Gasteiger partial charge is 0.155 e. The van der Waals surface area contributed by atoms with Gasteiger partial charge in [0.25, 0.3) is 0 Å². The van der Waals surface area contributed by atoms with Gasteiger partial charge in [0.1, 0.15) is 17.5 Å². The van der Waals surface area contributed by atoms with Crippen LogP contribution in [0.4, 0.5) is 0 Å². The Hall–Kier alpha value is -1.36. The summed E-state index contributed by atoms with van der Waals surface area (Å²) in [4.78, 5) is 4.26. The highest BCUT2D eigenvalue weighted by molar-refractivity contribution is 6.29. The third-order valence-corrected chi connectivity index (χ3v) is 3.79. The standard InChI is InChI=1S/C15H16ClNO3/c1-9-6-15(18)20-13(9)8-19-11-4-2-10-3-5-14(16)17-12(10)7-11/h2-5,7,9,13,15,18H,6,8H2,1H3. The SMILES string of the molecule is CC1CC(O)OC1COc1ccc2ccc(Cl)nc2c1. The maximum atomic E-state index is 9.44. The van der Waals surface area contributed by atoms with E-state index in [4.69, 9.17) is 21.1 Å². The summed E-state index contributed by atoms with van der Waals surface area (Å²) in [6.07, 6.45) is -0.0909. The summed E-state index contributed by atoms with van der Waals surface area (Å²) in [6.45, 7) is 2.47. The molecule has 4 nitrogen and oxygen atoms in total. The van der Waals surface area contributed by atoms with E-state index in [2.05, 4.69) is 4.98 Å². The molecular formula is C15H16ClNO3. The fraction of sp³-hybridized carbons (Fsp3) is 0.400. The number of nitrogens with zero attached hydrogens (tertiary/aromatic N) is 1. The number of pyridine rings is 1. The van der Waals surface area contributed by atoms with E-state index in [0.717, 1.165) is 16.7 Å². The van der Waals surface area contributed by atoms with Crippen molar-refractivity contribution in [3.8, 4) is 5.75 Å². The molecule has 1 saturated heterocycles. The first kappa shape index (κ1) is 13.6. The Bertz CT molecular complexity index is 619. The lowest BCUT2D eigenvalue weighted by molar-refractivity contribution is -0.101. The van der Waals surface area contributed by atoms with Gasteiger partial charge in [0.2, 0.25) is 0 Å². The van der Waals surface area contributed by atoms with Crippen molar-refractivity contribution in [1.82, 2.24) is 4.98 Å². The summed E-state index contributed by atoms with van der Waals surface area (Å²) >= 11 is 5.89. The molecule has 1 aliphatic rings. The molecule has 106 valence electrons. The normalized spacial score (nSPS) is 26.1. The second-order valence-electron chi connectivity index (χ2n) is 5.14. The quantitative estimate of drug-likeness (QED) is 0.884. The largest absolute Gasteiger partial charge is 0.491 e. The number of aliphatic hydroxyl groups is 1. The van der Waals surface area contributed by atoms with Crippen molar-refractivity contribution in [2.45, 2.75) is 25.7 Å². The minimum Gasteiger partial charge on any atom is -0.491 e. The number of aliphatic hydroxyl groups excluding tert-OH is 1. The Morgan fingerprint density at radius 2 is 2.20 bits per heavy atom. The molecule has 2 aromatic rings. The molecule has 3 atom stereocenters. The Morgan fingerprint density at radius 3 is 2.95 bits per heavy atom. The van der Waals surface area contributed by atoms with E-state index in [1.807, 2.05) is 31.2 Å². The number of benzene rings is 1. The molecular weight excluding hydrogens is 278 g/mol. The van der Waals surface area contributed by atoms with Crippen LogP contribution in [0.2, 0.25) is 5.15 Å². The number of halogens is 1. The first-order valence-corrected chi connectivity index (χ1v) is 7.02. The molecule has 0 bridgehead atoms. The van der Waals surface area contributed by atoms with Gasteiger partial charge in [0.15, 0.2) is 6.29 Å². The summed E-state index contributed by atoms with van der Waals surface area (Å²) in [6, 6.07) is 9.39. The molecule has 2 heterocycles. The van der Waals surface area contributed by atoms with Gasteiger partial charge in [-0.2, -0.15) is 0 Å². The lowest BCUT2D eigenvalue weighted by Crippen LogP contribution is -2.23. The Labute approximate surface area is 122 Å². The third-order valence-electron chi connectivity index (χ3n) is 3.58. The van der Waals surface area contributed by atoms with E-state index >= 15 is 0 Å². The van der Waals surface area contributed by atoms with Crippen molar-refractivity contribution in [3.63, 3.8) is 0 Å². The highest BCUT2D eigenvalue weighted by Gasteiger charge is 2.31. The van der Waals surface area contributed by atoms with Crippen LogP contribution in [0.25, 0.3) is 10.9 Å². The zero-order chi connectivity index (χ0) is 14.1. The maximum absolute atomic E-state index is 9.44. The van der Waals surface area contributed by atoms with E-state index in [0.29, 0.717) is 18.2 Å². The van der Waals surface area contributed by atoms with E-state index in [1.165, 1.54) is 0 Å². The van der Waals surface area contributed by atoms with Crippen LogP contribution in [0.15, 0.2) is 30.3 Å². The van der Waals surface area contributed by atoms with Gasteiger partial charge in [-0.1, -0.05) is 18.5 Å². The fourth-order valence-corrected chi connectivity index (χ4v) is 2.56. The summed E-state index contributed by atoms with van der Waals surface area (Å²) in [7, 11) is 0. The minimum atomic E-state index is -0.671. The number of hydrogen-bond donors (Lipinski definition) is 1. The number of aromatic nitrogens is 1. The lowest BCUT2D eigenvalue weighted by Gasteiger charge is -2.15. The topological polar surface area (TPSA) is 51.6 Å². The fourth-order valence-electron chi connectivity index (χ4n) is 2.41. The second kappa shape index (κ2) is 5.56. The maximum Gasteiger partial charge on any atom is 0.155 e. The minimum absolute atomic E-state index is 0.0759. The van der Waals surface area contributed by atoms with E-state index in [-0.39, 0.29) is 12.0 Å². The number of fused-ring (bicyclic) bond motifs is 1. The predicted octanol–water partition coefficient (Wildman–Crippen LogP) is 3.01. The summed E-state index contributed by atoms with van der Waals surface area (Å²) in [5.74, 6) is 1.02. The molecule has 0 aliphatic carbocycles. The highest BCUT2D eigenvalue weighted by Crippen LogP contribution is 2.26. The van der Waals surface area contributed by atoms with Gasteiger partial charge in [-0.3, -0.25) is 0 Å². The van der Waals surface area contributed by atoms with Crippen molar-refractivity contribution in [2.75, 3.05) is 6.61 Å². The van der Waals surface area contributed by atoms with E-state index < -0.39 is 6.29 Å². The first-order chi connectivity index (χ1) is 9.61. The van der Waals surface area contributed by atoms with Crippen LogP contribution in [0, 0.1) is 5.92 Å². The van der Waals surface area contributed by atoms with Gasteiger partial charge in [-0.25, -0.2) is 4.98 Å². The van der Waals surface area contributed by atoms with Crippen LogP contribution >= 0.6 is 11.6 Å². The van der Waals surface area contributed by atoms with Gasteiger partial charge in [-0.15, -0.1) is 0 Å². The monoisotopic (exact) mass is 293 g/mol. The molecule has 0 spiro atoms. The summed E-state index contributed by atoms with van der Waals surface area (Å²) in [5.41, 5.74) is 0.801. The van der Waals surface area contributed by atoms with Crippen molar-refractivity contribution < 1.29 is 14.6 Å².